The Morgan fingerprint density at radius 3 is 2.89 bits per heavy atom. The summed E-state index contributed by atoms with van der Waals surface area (Å²) in [6.07, 6.45) is 6.46. The molecule has 0 aliphatic rings. The molecule has 2 rings (SSSR count). The molecule has 94 valence electrons. The summed E-state index contributed by atoms with van der Waals surface area (Å²) in [6.45, 7) is 2.93. The highest BCUT2D eigenvalue weighted by Gasteiger charge is 2.14. The van der Waals surface area contributed by atoms with Gasteiger partial charge in [0.1, 0.15) is 0 Å². The zero-order valence-corrected chi connectivity index (χ0v) is 11.4. The molecule has 3 nitrogen and oxygen atoms in total. The monoisotopic (exact) mass is 260 g/mol. The molecule has 0 saturated carbocycles. The fourth-order valence-corrected chi connectivity index (χ4v) is 2.42. The Bertz CT molecular complexity index is 548. The van der Waals surface area contributed by atoms with Crippen LogP contribution in [0.5, 0.6) is 0 Å². The third-order valence-electron chi connectivity index (χ3n) is 2.70. The molecule has 0 radical (unpaired) electrons. The molecule has 1 aromatic heterocycles. The van der Waals surface area contributed by atoms with Gasteiger partial charge in [-0.25, -0.2) is 0 Å². The second-order valence-electron chi connectivity index (χ2n) is 4.02. The maximum Gasteiger partial charge on any atom is 0.197 e. The molecule has 1 aromatic carbocycles. The fourth-order valence-electron chi connectivity index (χ4n) is 1.82. The molecular weight excluding hydrogens is 244 g/mol. The van der Waals surface area contributed by atoms with Crippen LogP contribution in [0.4, 0.5) is 0 Å². The summed E-state index contributed by atoms with van der Waals surface area (Å²) >= 11 is 1.59. The van der Waals surface area contributed by atoms with Gasteiger partial charge in [-0.05, 0) is 24.8 Å². The number of aryl methyl sites for hydroxylation is 1. The average molecular weight is 260 g/mol. The second kappa shape index (κ2) is 5.87. The number of nitrogens with zero attached hydrogens (tertiary/aromatic N) is 2. The van der Waals surface area contributed by atoms with E-state index >= 15 is 0 Å². The number of ketones is 1. The predicted octanol–water partition coefficient (Wildman–Crippen LogP) is 3.25. The van der Waals surface area contributed by atoms with Crippen molar-refractivity contribution in [2.24, 2.45) is 0 Å². The van der Waals surface area contributed by atoms with Crippen molar-refractivity contribution in [2.75, 3.05) is 6.26 Å². The molecule has 0 aliphatic heterocycles. The largest absolute Gasteiger partial charge is 0.288 e. The lowest BCUT2D eigenvalue weighted by Gasteiger charge is -2.04. The first-order valence-corrected chi connectivity index (χ1v) is 7.19. The number of rotatable bonds is 5. The van der Waals surface area contributed by atoms with Gasteiger partial charge in [-0.15, -0.1) is 11.8 Å². The normalized spacial score (nSPS) is 10.6. The first kappa shape index (κ1) is 12.9. The van der Waals surface area contributed by atoms with Crippen molar-refractivity contribution in [1.29, 1.82) is 0 Å². The van der Waals surface area contributed by atoms with Crippen LogP contribution in [-0.4, -0.2) is 21.8 Å². The topological polar surface area (TPSA) is 34.9 Å². The van der Waals surface area contributed by atoms with Crippen LogP contribution in [0.2, 0.25) is 0 Å². The van der Waals surface area contributed by atoms with E-state index in [-0.39, 0.29) is 5.78 Å². The van der Waals surface area contributed by atoms with E-state index in [0.717, 1.165) is 23.4 Å². The Labute approximate surface area is 111 Å². The van der Waals surface area contributed by atoms with Crippen LogP contribution < -0.4 is 0 Å². The van der Waals surface area contributed by atoms with Gasteiger partial charge in [0.25, 0.3) is 0 Å². The van der Waals surface area contributed by atoms with E-state index in [1.807, 2.05) is 41.4 Å². The van der Waals surface area contributed by atoms with Crippen LogP contribution in [0.25, 0.3) is 0 Å². The van der Waals surface area contributed by atoms with E-state index < -0.39 is 0 Å². The van der Waals surface area contributed by atoms with Crippen molar-refractivity contribution in [3.05, 3.63) is 47.8 Å². The summed E-state index contributed by atoms with van der Waals surface area (Å²) in [6, 6.07) is 7.67. The van der Waals surface area contributed by atoms with Gasteiger partial charge in [-0.1, -0.05) is 19.1 Å². The molecule has 0 amide bonds. The zero-order valence-electron chi connectivity index (χ0n) is 10.6. The Balaban J connectivity index is 2.29. The van der Waals surface area contributed by atoms with Gasteiger partial charge in [0, 0.05) is 23.2 Å². The number of hydrogen-bond acceptors (Lipinski definition) is 3. The second-order valence-corrected chi connectivity index (χ2v) is 4.87. The van der Waals surface area contributed by atoms with Crippen molar-refractivity contribution in [3.63, 3.8) is 0 Å². The summed E-state index contributed by atoms with van der Waals surface area (Å²) in [7, 11) is 0. The molecule has 1 heterocycles. The van der Waals surface area contributed by atoms with Crippen molar-refractivity contribution in [1.82, 2.24) is 9.78 Å². The van der Waals surface area contributed by atoms with Gasteiger partial charge in [0.15, 0.2) is 5.78 Å². The number of carbonyl (C=O) groups is 1. The van der Waals surface area contributed by atoms with Crippen molar-refractivity contribution in [3.8, 4) is 0 Å². The Hall–Kier alpha value is -1.55. The molecule has 2 aromatic rings. The van der Waals surface area contributed by atoms with Gasteiger partial charge in [-0.2, -0.15) is 5.10 Å². The highest BCUT2D eigenvalue weighted by Crippen LogP contribution is 2.22. The molecule has 0 fully saturated rings. The molecule has 18 heavy (non-hydrogen) atoms. The summed E-state index contributed by atoms with van der Waals surface area (Å²) in [5, 5.41) is 4.20. The highest BCUT2D eigenvalue weighted by molar-refractivity contribution is 7.98. The molecule has 0 bridgehead atoms. The third kappa shape index (κ3) is 2.64. The summed E-state index contributed by atoms with van der Waals surface area (Å²) in [5.74, 6) is 0.0438. The Kier molecular flexibility index (Phi) is 4.20. The van der Waals surface area contributed by atoms with E-state index in [1.54, 1.807) is 18.0 Å². The lowest BCUT2D eigenvalue weighted by atomic mass is 10.1. The fraction of sp³-hybridized carbons (Fsp3) is 0.286. The van der Waals surface area contributed by atoms with Crippen LogP contribution in [0, 0.1) is 0 Å². The zero-order chi connectivity index (χ0) is 13.0. The lowest BCUT2D eigenvalue weighted by Crippen LogP contribution is -2.02. The van der Waals surface area contributed by atoms with Crippen LogP contribution >= 0.6 is 11.8 Å². The van der Waals surface area contributed by atoms with E-state index in [9.17, 15) is 4.79 Å². The van der Waals surface area contributed by atoms with Crippen LogP contribution in [0.1, 0.15) is 29.3 Å². The minimum Gasteiger partial charge on any atom is -0.288 e. The maximum absolute atomic E-state index is 12.4. The Morgan fingerprint density at radius 2 is 2.17 bits per heavy atom. The van der Waals surface area contributed by atoms with E-state index in [0.29, 0.717) is 5.56 Å². The van der Waals surface area contributed by atoms with Crippen molar-refractivity contribution >= 4 is 17.5 Å². The number of aromatic nitrogens is 2. The first-order valence-electron chi connectivity index (χ1n) is 5.96. The third-order valence-corrected chi connectivity index (χ3v) is 3.50. The minimum absolute atomic E-state index is 0.0438. The molecule has 0 spiro atoms. The molecule has 0 aliphatic carbocycles. The van der Waals surface area contributed by atoms with Crippen LogP contribution in [0.15, 0.2) is 41.6 Å². The number of carbonyl (C=O) groups excluding carboxylic acids is 1. The number of benzene rings is 1. The predicted molar refractivity (Wildman–Crippen MR) is 74.2 cm³/mol. The first-order chi connectivity index (χ1) is 8.76. The molecule has 0 atom stereocenters. The SMILES string of the molecule is CCCn1cc(C(=O)c2ccccc2SC)cn1. The maximum atomic E-state index is 12.4. The summed E-state index contributed by atoms with van der Waals surface area (Å²) in [4.78, 5) is 13.4. The summed E-state index contributed by atoms with van der Waals surface area (Å²) in [5.41, 5.74) is 1.41. The van der Waals surface area contributed by atoms with Crippen LogP contribution in [0.3, 0.4) is 0 Å². The van der Waals surface area contributed by atoms with Gasteiger partial charge in [0.2, 0.25) is 0 Å². The smallest absolute Gasteiger partial charge is 0.197 e. The van der Waals surface area contributed by atoms with Crippen LogP contribution in [-0.2, 0) is 6.54 Å². The van der Waals surface area contributed by atoms with E-state index in [1.165, 1.54) is 0 Å². The molecule has 0 N–H and O–H groups in total. The standard InChI is InChI=1S/C14H16N2OS/c1-3-8-16-10-11(9-15-16)14(17)12-6-4-5-7-13(12)18-2/h4-7,9-10H,3,8H2,1-2H3. The quantitative estimate of drug-likeness (QED) is 0.611. The molecule has 0 saturated heterocycles. The number of thioether (sulfide) groups is 1. The minimum atomic E-state index is 0.0438. The Morgan fingerprint density at radius 1 is 1.39 bits per heavy atom. The van der Waals surface area contributed by atoms with E-state index in [4.69, 9.17) is 0 Å². The van der Waals surface area contributed by atoms with E-state index in [2.05, 4.69) is 12.0 Å². The molecular formula is C14H16N2OS. The van der Waals surface area contributed by atoms with Crippen molar-refractivity contribution in [2.45, 2.75) is 24.8 Å². The van der Waals surface area contributed by atoms with Gasteiger partial charge in [-0.3, -0.25) is 9.48 Å². The molecule has 0 unspecified atom stereocenters. The van der Waals surface area contributed by atoms with Gasteiger partial charge >= 0.3 is 0 Å². The highest BCUT2D eigenvalue weighted by atomic mass is 32.2. The average Bonchev–Trinajstić information content (AvgIpc) is 2.87. The lowest BCUT2D eigenvalue weighted by molar-refractivity contribution is 0.103. The number of hydrogen-bond donors (Lipinski definition) is 0. The van der Waals surface area contributed by atoms with Gasteiger partial charge in [0.05, 0.1) is 11.8 Å². The molecule has 4 heteroatoms. The van der Waals surface area contributed by atoms with Crippen molar-refractivity contribution < 1.29 is 4.79 Å². The summed E-state index contributed by atoms with van der Waals surface area (Å²) < 4.78 is 1.81. The van der Waals surface area contributed by atoms with Gasteiger partial charge < -0.3 is 0 Å².